The summed E-state index contributed by atoms with van der Waals surface area (Å²) in [6.07, 6.45) is 0. The fraction of sp³-hybridized carbons (Fsp3) is 0.400. The van der Waals surface area contributed by atoms with Gasteiger partial charge in [0.25, 0.3) is 5.91 Å². The number of amides is 1. The largest absolute Gasteiger partial charge is 0.378 e. The molecule has 0 radical (unpaired) electrons. The quantitative estimate of drug-likeness (QED) is 0.392. The maximum Gasteiger partial charge on any atom is 0.258 e. The molecule has 4 aromatic rings. The number of aromatic nitrogens is 2. The van der Waals surface area contributed by atoms with Crippen molar-refractivity contribution in [3.05, 3.63) is 51.9 Å². The molecular formula is C25H26FN5O5S2. The Balaban J connectivity index is 1.41. The number of thiazole rings is 1. The molecule has 1 amide bonds. The van der Waals surface area contributed by atoms with E-state index in [1.807, 2.05) is 29.2 Å². The van der Waals surface area contributed by atoms with E-state index < -0.39 is 27.0 Å². The second-order valence-corrected chi connectivity index (χ2v) is 12.8. The van der Waals surface area contributed by atoms with E-state index in [1.54, 1.807) is 9.30 Å². The van der Waals surface area contributed by atoms with Gasteiger partial charge in [0.05, 0.1) is 40.3 Å². The third-order valence-corrected chi connectivity index (χ3v) is 9.79. The van der Waals surface area contributed by atoms with Crippen LogP contribution in [0.1, 0.15) is 10.4 Å². The molecule has 0 unspecified atom stereocenters. The van der Waals surface area contributed by atoms with Crippen molar-refractivity contribution in [1.29, 1.82) is 0 Å². The van der Waals surface area contributed by atoms with Crippen LogP contribution in [0.3, 0.4) is 0 Å². The van der Waals surface area contributed by atoms with Crippen molar-refractivity contribution in [2.45, 2.75) is 0 Å². The standard InChI is InChI=1S/C25H26FN5O5S2/c26-17-15-16-21(32)20(24(33)27-5-6-29-9-13-38(34,35)14-10-29)25-31(18-3-1-2-4-19(18)37-25)22(16)28-23(17)30-7-11-36-12-8-30/h1-4,15H,5-14H2,(H,27,33). The highest BCUT2D eigenvalue weighted by Gasteiger charge is 2.26. The van der Waals surface area contributed by atoms with Crippen molar-refractivity contribution < 1.29 is 22.3 Å². The van der Waals surface area contributed by atoms with Crippen LogP contribution in [0.25, 0.3) is 26.1 Å². The van der Waals surface area contributed by atoms with Gasteiger partial charge in [0.2, 0.25) is 5.43 Å². The van der Waals surface area contributed by atoms with Gasteiger partial charge in [-0.1, -0.05) is 12.1 Å². The first-order chi connectivity index (χ1) is 18.3. The van der Waals surface area contributed by atoms with Crippen LogP contribution in [0.2, 0.25) is 0 Å². The molecule has 2 fully saturated rings. The number of benzene rings is 1. The van der Waals surface area contributed by atoms with Crippen molar-refractivity contribution >= 4 is 59.0 Å². The van der Waals surface area contributed by atoms with Crippen LogP contribution in [0.4, 0.5) is 10.2 Å². The number of nitrogens with zero attached hydrogens (tertiary/aromatic N) is 4. The van der Waals surface area contributed by atoms with E-state index >= 15 is 4.39 Å². The number of sulfone groups is 1. The molecular weight excluding hydrogens is 533 g/mol. The van der Waals surface area contributed by atoms with Crippen molar-refractivity contribution in [3.63, 3.8) is 0 Å². The predicted molar refractivity (Wildman–Crippen MR) is 145 cm³/mol. The van der Waals surface area contributed by atoms with Gasteiger partial charge in [0, 0.05) is 39.3 Å². The fourth-order valence-corrected chi connectivity index (χ4v) is 7.45. The maximum absolute atomic E-state index is 15.3. The maximum atomic E-state index is 15.3. The average molecular weight is 560 g/mol. The first-order valence-corrected chi connectivity index (χ1v) is 15.1. The number of nitrogens with one attached hydrogen (secondary N) is 1. The Morgan fingerprint density at radius 3 is 2.63 bits per heavy atom. The molecule has 6 rings (SSSR count). The van der Waals surface area contributed by atoms with Gasteiger partial charge in [-0.3, -0.25) is 18.9 Å². The van der Waals surface area contributed by atoms with Crippen molar-refractivity contribution in [3.8, 4) is 0 Å². The molecule has 0 saturated carbocycles. The minimum absolute atomic E-state index is 0.0342. The highest BCUT2D eigenvalue weighted by atomic mass is 32.2. The van der Waals surface area contributed by atoms with E-state index in [0.717, 1.165) is 10.2 Å². The Bertz CT molecular complexity index is 1720. The monoisotopic (exact) mass is 559 g/mol. The van der Waals surface area contributed by atoms with Gasteiger partial charge in [-0.25, -0.2) is 17.8 Å². The number of hydrogen-bond donors (Lipinski definition) is 1. The summed E-state index contributed by atoms with van der Waals surface area (Å²) in [5.41, 5.74) is 0.442. The highest BCUT2D eigenvalue weighted by molar-refractivity contribution is 7.91. The van der Waals surface area contributed by atoms with Gasteiger partial charge < -0.3 is 15.0 Å². The molecule has 0 spiro atoms. The summed E-state index contributed by atoms with van der Waals surface area (Å²) in [5.74, 6) is -0.823. The van der Waals surface area contributed by atoms with Crippen LogP contribution in [0, 0.1) is 5.82 Å². The first kappa shape index (κ1) is 25.2. The normalized spacial score (nSPS) is 18.4. The molecule has 0 aliphatic carbocycles. The Morgan fingerprint density at radius 2 is 1.87 bits per heavy atom. The van der Waals surface area contributed by atoms with Crippen LogP contribution in [-0.2, 0) is 14.6 Å². The molecule has 1 N–H and O–H groups in total. The number of fused-ring (bicyclic) bond motifs is 5. The second-order valence-electron chi connectivity index (χ2n) is 9.43. The number of anilines is 1. The molecule has 13 heteroatoms. The number of hydrogen-bond acceptors (Lipinski definition) is 9. The second kappa shape index (κ2) is 9.88. The Morgan fingerprint density at radius 1 is 1.13 bits per heavy atom. The molecule has 1 aromatic carbocycles. The molecule has 2 saturated heterocycles. The number of pyridine rings is 2. The van der Waals surface area contributed by atoms with E-state index in [0.29, 0.717) is 56.4 Å². The van der Waals surface area contributed by atoms with Gasteiger partial charge in [-0.05, 0) is 18.2 Å². The van der Waals surface area contributed by atoms with Gasteiger partial charge in [0.15, 0.2) is 27.1 Å². The lowest BCUT2D eigenvalue weighted by Gasteiger charge is -2.28. The molecule has 2 aliphatic heterocycles. The number of carbonyl (C=O) groups excluding carboxylic acids is 1. The van der Waals surface area contributed by atoms with Crippen LogP contribution in [0.15, 0.2) is 35.1 Å². The summed E-state index contributed by atoms with van der Waals surface area (Å²) < 4.78 is 46.6. The molecule has 10 nitrogen and oxygen atoms in total. The van der Waals surface area contributed by atoms with Crippen molar-refractivity contribution in [1.82, 2.24) is 19.6 Å². The van der Waals surface area contributed by atoms with Crippen molar-refractivity contribution in [2.24, 2.45) is 0 Å². The van der Waals surface area contributed by atoms with Crippen LogP contribution >= 0.6 is 11.3 Å². The molecule has 38 heavy (non-hydrogen) atoms. The van der Waals surface area contributed by atoms with Crippen LogP contribution in [-0.4, -0.2) is 92.6 Å². The average Bonchev–Trinajstić information content (AvgIpc) is 3.29. The number of carbonyl (C=O) groups is 1. The van der Waals surface area contributed by atoms with Gasteiger partial charge in [0.1, 0.15) is 10.4 Å². The molecule has 200 valence electrons. The van der Waals surface area contributed by atoms with E-state index in [2.05, 4.69) is 10.3 Å². The van der Waals surface area contributed by atoms with E-state index in [-0.39, 0.29) is 34.8 Å². The summed E-state index contributed by atoms with van der Waals surface area (Å²) >= 11 is 1.31. The Labute approximate surface area is 221 Å². The topological polar surface area (TPSA) is 113 Å². The van der Waals surface area contributed by atoms with Gasteiger partial charge in [-0.2, -0.15) is 0 Å². The first-order valence-electron chi connectivity index (χ1n) is 12.4. The van der Waals surface area contributed by atoms with Gasteiger partial charge in [-0.15, -0.1) is 11.3 Å². The zero-order valence-electron chi connectivity index (χ0n) is 20.5. The number of halogens is 1. The predicted octanol–water partition coefficient (Wildman–Crippen LogP) is 1.50. The minimum atomic E-state index is -3.00. The van der Waals surface area contributed by atoms with E-state index in [1.165, 1.54) is 17.4 Å². The molecule has 3 aromatic heterocycles. The van der Waals surface area contributed by atoms with E-state index in [4.69, 9.17) is 4.74 Å². The molecule has 0 bridgehead atoms. The lowest BCUT2D eigenvalue weighted by atomic mass is 10.1. The molecule has 5 heterocycles. The SMILES string of the molecule is O=C(NCCN1CCS(=O)(=O)CC1)c1c(=O)c2cc(F)c(N3CCOCC3)nc2n2c1sc1ccccc12. The van der Waals surface area contributed by atoms with Crippen LogP contribution < -0.4 is 15.6 Å². The highest BCUT2D eigenvalue weighted by Crippen LogP contribution is 2.32. The zero-order chi connectivity index (χ0) is 26.4. The third-order valence-electron chi connectivity index (χ3n) is 7.04. The Hall–Kier alpha value is -3.13. The summed E-state index contributed by atoms with van der Waals surface area (Å²) in [7, 11) is -3.00. The summed E-state index contributed by atoms with van der Waals surface area (Å²) in [6, 6.07) is 8.71. The smallest absolute Gasteiger partial charge is 0.258 e. The lowest BCUT2D eigenvalue weighted by Crippen LogP contribution is -2.44. The number of morpholine rings is 1. The molecule has 2 aliphatic rings. The third kappa shape index (κ3) is 4.53. The number of ether oxygens (including phenoxy) is 1. The van der Waals surface area contributed by atoms with Crippen molar-refractivity contribution in [2.75, 3.05) is 68.9 Å². The molecule has 0 atom stereocenters. The summed E-state index contributed by atoms with van der Waals surface area (Å²) in [4.78, 5) is 35.9. The van der Waals surface area contributed by atoms with Crippen LogP contribution in [0.5, 0.6) is 0 Å². The lowest BCUT2D eigenvalue weighted by molar-refractivity contribution is 0.0949. The fourth-order valence-electron chi connectivity index (χ4n) is 4.99. The number of rotatable bonds is 5. The van der Waals surface area contributed by atoms with Gasteiger partial charge >= 0.3 is 0 Å². The summed E-state index contributed by atoms with van der Waals surface area (Å²) in [6.45, 7) is 3.43. The van der Waals surface area contributed by atoms with E-state index in [9.17, 15) is 18.0 Å². The summed E-state index contributed by atoms with van der Waals surface area (Å²) in [5, 5.41) is 2.85. The minimum Gasteiger partial charge on any atom is -0.378 e. The number of para-hydroxylation sites is 1. The zero-order valence-corrected chi connectivity index (χ0v) is 22.1. The Kier molecular flexibility index (Phi) is 6.54.